The number of benzene rings is 1. The van der Waals surface area contributed by atoms with E-state index in [0.717, 1.165) is 58.5 Å². The molecule has 0 spiro atoms. The first-order chi connectivity index (χ1) is 13.7. The van der Waals surface area contributed by atoms with E-state index >= 15 is 0 Å². The second-order valence-electron chi connectivity index (χ2n) is 6.98. The topological polar surface area (TPSA) is 77.4 Å². The van der Waals surface area contributed by atoms with Gasteiger partial charge in [0.2, 0.25) is 0 Å². The first kappa shape index (κ1) is 18.5. The molecule has 2 heterocycles. The average molecular weight is 377 g/mol. The molecule has 1 N–H and O–H groups in total. The lowest BCUT2D eigenvalue weighted by Gasteiger charge is -2.17. The highest BCUT2D eigenvalue weighted by Crippen LogP contribution is 2.38. The number of hydrogen-bond acceptors (Lipinski definition) is 6. The standard InChI is InChI=1S/C22H23N3O3/c1-14-8-9-18(19(11-14)28-13-27-2)20-16-6-3-7-17(16)21(25-24-20)22(26)15-5-4-10-23-12-15/h4-5,8-12,22,26H,3,6-7,13H2,1-2H3. The number of rotatable bonds is 6. The van der Waals surface area contributed by atoms with Crippen LogP contribution in [0.2, 0.25) is 0 Å². The Morgan fingerprint density at radius 2 is 2.00 bits per heavy atom. The molecule has 0 aliphatic heterocycles. The fourth-order valence-corrected chi connectivity index (χ4v) is 3.71. The highest BCUT2D eigenvalue weighted by atomic mass is 16.7. The third kappa shape index (κ3) is 3.48. The summed E-state index contributed by atoms with van der Waals surface area (Å²) >= 11 is 0. The lowest BCUT2D eigenvalue weighted by molar-refractivity contribution is 0.0515. The maximum atomic E-state index is 10.8. The minimum atomic E-state index is -0.829. The number of aliphatic hydroxyl groups is 1. The SMILES string of the molecule is COCOc1cc(C)ccc1-c1nnc(C(O)c2cccnc2)c2c1CCC2. The normalized spacial score (nSPS) is 14.0. The first-order valence-corrected chi connectivity index (χ1v) is 9.38. The Balaban J connectivity index is 1.78. The molecule has 3 aromatic rings. The van der Waals surface area contributed by atoms with E-state index in [0.29, 0.717) is 5.69 Å². The Bertz CT molecular complexity index is 976. The van der Waals surface area contributed by atoms with Crippen LogP contribution in [0.4, 0.5) is 0 Å². The number of aromatic nitrogens is 3. The second-order valence-corrected chi connectivity index (χ2v) is 6.98. The van der Waals surface area contributed by atoms with Gasteiger partial charge in [0, 0.05) is 30.6 Å². The Morgan fingerprint density at radius 1 is 1.14 bits per heavy atom. The Labute approximate surface area is 164 Å². The number of methoxy groups -OCH3 is 1. The first-order valence-electron chi connectivity index (χ1n) is 9.38. The zero-order valence-corrected chi connectivity index (χ0v) is 16.1. The van der Waals surface area contributed by atoms with E-state index in [2.05, 4.69) is 15.2 Å². The number of hydrogen-bond donors (Lipinski definition) is 1. The van der Waals surface area contributed by atoms with Gasteiger partial charge in [0.25, 0.3) is 0 Å². The Morgan fingerprint density at radius 3 is 2.79 bits per heavy atom. The van der Waals surface area contributed by atoms with Crippen molar-refractivity contribution in [2.45, 2.75) is 32.3 Å². The molecule has 1 atom stereocenters. The van der Waals surface area contributed by atoms with Crippen molar-refractivity contribution in [3.05, 3.63) is 70.7 Å². The third-order valence-electron chi connectivity index (χ3n) is 5.05. The molecule has 1 aliphatic rings. The van der Waals surface area contributed by atoms with Gasteiger partial charge in [-0.2, -0.15) is 5.10 Å². The third-order valence-corrected chi connectivity index (χ3v) is 5.05. The predicted molar refractivity (Wildman–Crippen MR) is 105 cm³/mol. The number of aliphatic hydroxyl groups excluding tert-OH is 1. The van der Waals surface area contributed by atoms with Crippen LogP contribution in [-0.4, -0.2) is 34.2 Å². The quantitative estimate of drug-likeness (QED) is 0.664. The molecular weight excluding hydrogens is 354 g/mol. The van der Waals surface area contributed by atoms with Crippen LogP contribution in [0.5, 0.6) is 5.75 Å². The van der Waals surface area contributed by atoms with E-state index in [9.17, 15) is 5.11 Å². The molecule has 4 rings (SSSR count). The van der Waals surface area contributed by atoms with Crippen molar-refractivity contribution in [2.24, 2.45) is 0 Å². The Kier molecular flexibility index (Phi) is 5.32. The predicted octanol–water partition coefficient (Wildman–Crippen LogP) is 3.40. The highest BCUT2D eigenvalue weighted by Gasteiger charge is 2.27. The molecule has 0 saturated heterocycles. The molecule has 1 aliphatic carbocycles. The van der Waals surface area contributed by atoms with Gasteiger partial charge in [-0.15, -0.1) is 5.10 Å². The smallest absolute Gasteiger partial charge is 0.188 e. The van der Waals surface area contributed by atoms with E-state index in [1.807, 2.05) is 37.3 Å². The van der Waals surface area contributed by atoms with Gasteiger partial charge >= 0.3 is 0 Å². The summed E-state index contributed by atoms with van der Waals surface area (Å²) in [5, 5.41) is 19.8. The van der Waals surface area contributed by atoms with Crippen LogP contribution >= 0.6 is 0 Å². The largest absolute Gasteiger partial charge is 0.467 e. The maximum absolute atomic E-state index is 10.8. The van der Waals surface area contributed by atoms with E-state index < -0.39 is 6.10 Å². The average Bonchev–Trinajstić information content (AvgIpc) is 3.22. The minimum Gasteiger partial charge on any atom is -0.467 e. The number of fused-ring (bicyclic) bond motifs is 1. The summed E-state index contributed by atoms with van der Waals surface area (Å²) in [5.74, 6) is 0.728. The van der Waals surface area contributed by atoms with Crippen molar-refractivity contribution < 1.29 is 14.6 Å². The van der Waals surface area contributed by atoms with Crippen molar-refractivity contribution in [1.82, 2.24) is 15.2 Å². The lowest BCUT2D eigenvalue weighted by Crippen LogP contribution is -2.10. The van der Waals surface area contributed by atoms with Gasteiger partial charge in [-0.05, 0) is 61.1 Å². The number of ether oxygens (including phenoxy) is 2. The molecule has 6 nitrogen and oxygen atoms in total. The molecular formula is C22H23N3O3. The van der Waals surface area contributed by atoms with Gasteiger partial charge in [-0.25, -0.2) is 0 Å². The fraction of sp³-hybridized carbons (Fsp3) is 0.318. The zero-order chi connectivity index (χ0) is 19.5. The van der Waals surface area contributed by atoms with Crippen molar-refractivity contribution in [3.63, 3.8) is 0 Å². The summed E-state index contributed by atoms with van der Waals surface area (Å²) in [6.45, 7) is 2.19. The molecule has 0 amide bonds. The van der Waals surface area contributed by atoms with E-state index in [-0.39, 0.29) is 6.79 Å². The monoisotopic (exact) mass is 377 g/mol. The number of aryl methyl sites for hydroxylation is 1. The van der Waals surface area contributed by atoms with Crippen molar-refractivity contribution in [1.29, 1.82) is 0 Å². The molecule has 0 saturated carbocycles. The second kappa shape index (κ2) is 8.04. The number of pyridine rings is 1. The lowest BCUT2D eigenvalue weighted by atomic mass is 9.97. The van der Waals surface area contributed by atoms with Gasteiger partial charge in [-0.3, -0.25) is 4.98 Å². The van der Waals surface area contributed by atoms with Gasteiger partial charge in [0.15, 0.2) is 6.79 Å². The van der Waals surface area contributed by atoms with Crippen molar-refractivity contribution >= 4 is 0 Å². The summed E-state index contributed by atoms with van der Waals surface area (Å²) in [6, 6.07) is 9.70. The van der Waals surface area contributed by atoms with Crippen LogP contribution in [0.15, 0.2) is 42.7 Å². The van der Waals surface area contributed by atoms with E-state index in [4.69, 9.17) is 9.47 Å². The van der Waals surface area contributed by atoms with E-state index in [1.54, 1.807) is 19.5 Å². The van der Waals surface area contributed by atoms with Crippen LogP contribution < -0.4 is 4.74 Å². The molecule has 28 heavy (non-hydrogen) atoms. The number of nitrogens with zero attached hydrogens (tertiary/aromatic N) is 3. The van der Waals surface area contributed by atoms with Gasteiger partial charge in [-0.1, -0.05) is 12.1 Å². The summed E-state index contributed by atoms with van der Waals surface area (Å²) < 4.78 is 10.9. The highest BCUT2D eigenvalue weighted by molar-refractivity contribution is 5.72. The van der Waals surface area contributed by atoms with Gasteiger partial charge in [0.05, 0.1) is 5.69 Å². The summed E-state index contributed by atoms with van der Waals surface area (Å²) in [6.07, 6.45) is 5.33. The van der Waals surface area contributed by atoms with Gasteiger partial charge < -0.3 is 14.6 Å². The Hall–Kier alpha value is -2.83. The van der Waals surface area contributed by atoms with Crippen LogP contribution in [0.3, 0.4) is 0 Å². The van der Waals surface area contributed by atoms with Crippen LogP contribution in [-0.2, 0) is 17.6 Å². The zero-order valence-electron chi connectivity index (χ0n) is 16.1. The molecule has 1 unspecified atom stereocenters. The van der Waals surface area contributed by atoms with Crippen molar-refractivity contribution in [2.75, 3.05) is 13.9 Å². The van der Waals surface area contributed by atoms with Crippen LogP contribution in [0, 0.1) is 6.92 Å². The molecule has 0 fully saturated rings. The minimum absolute atomic E-state index is 0.171. The van der Waals surface area contributed by atoms with Crippen LogP contribution in [0.25, 0.3) is 11.3 Å². The molecule has 6 heteroatoms. The van der Waals surface area contributed by atoms with Crippen LogP contribution in [0.1, 0.15) is 40.5 Å². The summed E-state index contributed by atoms with van der Waals surface area (Å²) in [4.78, 5) is 4.10. The molecule has 144 valence electrons. The van der Waals surface area contributed by atoms with Gasteiger partial charge in [0.1, 0.15) is 17.5 Å². The molecule has 2 aromatic heterocycles. The van der Waals surface area contributed by atoms with E-state index in [1.165, 1.54) is 0 Å². The molecule has 0 radical (unpaired) electrons. The van der Waals surface area contributed by atoms with Crippen molar-refractivity contribution in [3.8, 4) is 17.0 Å². The molecule has 1 aromatic carbocycles. The fourth-order valence-electron chi connectivity index (χ4n) is 3.71. The summed E-state index contributed by atoms with van der Waals surface area (Å²) in [7, 11) is 1.60. The maximum Gasteiger partial charge on any atom is 0.188 e. The summed E-state index contributed by atoms with van der Waals surface area (Å²) in [5.41, 5.74) is 6.38. The molecule has 0 bridgehead atoms.